The Balaban J connectivity index is 0.000000207. The molecule has 4 N–H and O–H groups in total. The molecule has 6 unspecified atom stereocenters. The molecule has 2 aromatic carbocycles. The first-order valence-electron chi connectivity index (χ1n) is 27.1. The minimum atomic E-state index is -0.750. The third-order valence-electron chi connectivity index (χ3n) is 16.2. The summed E-state index contributed by atoms with van der Waals surface area (Å²) in [6.07, 6.45) is 9.33. The Hall–Kier alpha value is -6.98. The number of aliphatic hydroxyl groups excluding tert-OH is 1. The first kappa shape index (κ1) is 70.8. The number of nitrogens with one attached hydrogen (secondary N) is 1. The molecule has 3 saturated heterocycles. The minimum absolute atomic E-state index is 0.0958. The molecule has 474 valence electrons. The maximum absolute atomic E-state index is 14.2. The van der Waals surface area contributed by atoms with Gasteiger partial charge in [0.05, 0.1) is 51.5 Å². The van der Waals surface area contributed by atoms with Crippen molar-refractivity contribution in [3.63, 3.8) is 0 Å². The van der Waals surface area contributed by atoms with Gasteiger partial charge < -0.3 is 54.5 Å². The van der Waals surface area contributed by atoms with Crippen LogP contribution in [-0.4, -0.2) is 165 Å². The molecule has 3 amide bonds. The lowest BCUT2D eigenvalue weighted by Gasteiger charge is -2.30. The predicted octanol–water partition coefficient (Wildman–Crippen LogP) is 9.05. The molecular formula is C56H70Cl3F2N11O13S2. The number of aliphatic hydroxyl groups is 1. The van der Waals surface area contributed by atoms with Crippen molar-refractivity contribution in [1.82, 2.24) is 44.6 Å². The fourth-order valence-electron chi connectivity index (χ4n) is 10.4. The SMILES string of the molecule is COC(=O)N1CCC2(CO)CC2C1.COC(=O)N1CCC2(COc3ncnc(Cl)c3C)CC2C1.COC(=O)N1CCC2(COc3ncnc(Nc4ccc(C)cc4F)c3C)CC2C1.Cc1c(Cl)ncnc1Cl.Cc1ccc(N)c(F)c1.O=S=O.O=S=O. The van der Waals surface area contributed by atoms with E-state index in [1.807, 2.05) is 33.8 Å². The van der Waals surface area contributed by atoms with Gasteiger partial charge in [-0.1, -0.05) is 46.9 Å². The van der Waals surface area contributed by atoms with E-state index in [4.69, 9.17) is 81.4 Å². The molecule has 0 radical (unpaired) electrons. The second-order valence-electron chi connectivity index (χ2n) is 21.6. The maximum Gasteiger partial charge on any atom is 0.409 e. The molecule has 5 aromatic rings. The number of rotatable bonds is 9. The summed E-state index contributed by atoms with van der Waals surface area (Å²) >= 11 is 15.6. The van der Waals surface area contributed by atoms with Gasteiger partial charge in [0.1, 0.15) is 51.9 Å². The topological polar surface area (TPSA) is 311 Å². The highest BCUT2D eigenvalue weighted by atomic mass is 35.5. The van der Waals surface area contributed by atoms with Crippen LogP contribution in [0.1, 0.15) is 66.3 Å². The van der Waals surface area contributed by atoms with E-state index in [9.17, 15) is 23.2 Å². The van der Waals surface area contributed by atoms with Gasteiger partial charge in [0.15, 0.2) is 0 Å². The molecular weight excluding hydrogens is 1240 g/mol. The van der Waals surface area contributed by atoms with Gasteiger partial charge in [-0.2, -0.15) is 16.8 Å². The molecule has 0 spiro atoms. The van der Waals surface area contributed by atoms with Crippen LogP contribution in [0.4, 0.5) is 40.4 Å². The second kappa shape index (κ2) is 32.8. The number of nitrogens with zero attached hydrogens (tertiary/aromatic N) is 9. The Labute approximate surface area is 524 Å². The maximum atomic E-state index is 14.2. The van der Waals surface area contributed by atoms with E-state index in [1.54, 1.807) is 39.8 Å². The molecule has 6 atom stereocenters. The van der Waals surface area contributed by atoms with E-state index >= 15 is 0 Å². The van der Waals surface area contributed by atoms with Crippen molar-refractivity contribution in [3.8, 4) is 11.8 Å². The summed E-state index contributed by atoms with van der Waals surface area (Å²) < 4.78 is 85.9. The van der Waals surface area contributed by atoms with E-state index < -0.39 is 23.1 Å². The van der Waals surface area contributed by atoms with Crippen molar-refractivity contribution in [2.45, 2.75) is 73.1 Å². The Bertz CT molecular complexity index is 3240. The number of piperidine rings is 3. The highest BCUT2D eigenvalue weighted by Gasteiger charge is 2.59. The van der Waals surface area contributed by atoms with Crippen LogP contribution in [-0.2, 0) is 37.4 Å². The van der Waals surface area contributed by atoms with E-state index in [-0.39, 0.29) is 58.5 Å². The molecule has 3 aliphatic carbocycles. The highest BCUT2D eigenvalue weighted by molar-refractivity contribution is 7.52. The number of hydrogen-bond acceptors (Lipinski definition) is 21. The van der Waals surface area contributed by atoms with Gasteiger partial charge in [-0.15, -0.1) is 0 Å². The highest BCUT2D eigenvalue weighted by Crippen LogP contribution is 2.59. The Morgan fingerprint density at radius 2 is 0.977 bits per heavy atom. The summed E-state index contributed by atoms with van der Waals surface area (Å²) in [6.45, 7) is 14.9. The Morgan fingerprint density at radius 3 is 1.37 bits per heavy atom. The number of amides is 3. The number of likely N-dealkylation sites (tertiary alicyclic amines) is 3. The fourth-order valence-corrected chi connectivity index (χ4v) is 10.8. The van der Waals surface area contributed by atoms with Gasteiger partial charge in [-0.05, 0) is 126 Å². The van der Waals surface area contributed by atoms with E-state index in [1.165, 1.54) is 52.4 Å². The number of anilines is 3. The quantitative estimate of drug-likeness (QED) is 0.0703. The standard InChI is InChI=1S/C21H25FN4O3.C14H18ClN3O3.C9H15NO3.C7H8FN.C5H4Cl2N2.2O2S/c1-13-4-5-17(16(22)8-13)25-18-14(2)19(24-12-23-18)29-11-21-6-7-26(20(27)28-3)10-15(21)9-21;1-9-11(15)16-8-17-12(9)21-7-14-3-4-18(13(19)20-2)6-10(14)5-14;1-13-8(12)10-3-2-9(6-11)4-7(9)5-10;1-5-2-3-7(9)6(8)4-5;1-3-4(6)8-2-9-5(3)7;2*1-3-2/h4-5,8,12,15H,6-7,9-11H2,1-3H3,(H,23,24,25);8,10H,3-7H2,1-2H3;7,11H,2-6H2,1H3;2-4H,9H2,1H3;2H,1H3;;. The van der Waals surface area contributed by atoms with Crippen molar-refractivity contribution >= 4 is 93.4 Å². The normalized spacial score (nSPS) is 21.8. The third-order valence-corrected chi connectivity index (χ3v) is 17.3. The van der Waals surface area contributed by atoms with Crippen LogP contribution in [0, 0.1) is 80.3 Å². The van der Waals surface area contributed by atoms with Crippen LogP contribution in [0.5, 0.6) is 11.8 Å². The Morgan fingerprint density at radius 1 is 0.598 bits per heavy atom. The number of halogens is 5. The molecule has 11 rings (SSSR count). The average Bonchev–Trinajstić information content (AvgIpc) is 1.64. The van der Waals surface area contributed by atoms with Gasteiger partial charge in [0.25, 0.3) is 0 Å². The van der Waals surface area contributed by atoms with Gasteiger partial charge in [0.2, 0.25) is 11.8 Å². The molecule has 24 nitrogen and oxygen atoms in total. The van der Waals surface area contributed by atoms with Crippen LogP contribution >= 0.6 is 34.8 Å². The van der Waals surface area contributed by atoms with Crippen LogP contribution < -0.4 is 20.5 Å². The van der Waals surface area contributed by atoms with E-state index in [0.29, 0.717) is 82.8 Å². The lowest BCUT2D eigenvalue weighted by atomic mass is 9.96. The number of hydrogen-bond donors (Lipinski definition) is 3. The molecule has 0 bridgehead atoms. The zero-order valence-electron chi connectivity index (χ0n) is 49.2. The number of methoxy groups -OCH3 is 3. The Kier molecular flexibility index (Phi) is 26.7. The monoisotopic (exact) mass is 1310 g/mol. The molecule has 6 fully saturated rings. The number of nitrogens with two attached hydrogens (primary N) is 1. The van der Waals surface area contributed by atoms with Gasteiger partial charge >= 0.3 is 41.4 Å². The van der Waals surface area contributed by atoms with Crippen LogP contribution in [0.15, 0.2) is 55.4 Å². The zero-order chi connectivity index (χ0) is 64.2. The van der Waals surface area contributed by atoms with Crippen molar-refractivity contribution in [2.24, 2.45) is 34.0 Å². The van der Waals surface area contributed by atoms with E-state index in [0.717, 1.165) is 92.5 Å². The first-order valence-corrected chi connectivity index (χ1v) is 29.6. The van der Waals surface area contributed by atoms with Crippen LogP contribution in [0.25, 0.3) is 0 Å². The number of nitrogen functional groups attached to an aromatic ring is 1. The number of carbonyl (C=O) groups excluding carboxylic acids is 3. The van der Waals surface area contributed by atoms with Crippen LogP contribution in [0.3, 0.4) is 0 Å². The summed E-state index contributed by atoms with van der Waals surface area (Å²) in [5, 5.41) is 13.4. The lowest BCUT2D eigenvalue weighted by molar-refractivity contribution is 0.0891. The molecule has 6 aliphatic rings. The predicted molar refractivity (Wildman–Crippen MR) is 319 cm³/mol. The van der Waals surface area contributed by atoms with Crippen molar-refractivity contribution in [2.75, 3.05) is 91.5 Å². The zero-order valence-corrected chi connectivity index (χ0v) is 53.1. The molecule has 31 heteroatoms. The number of ether oxygens (including phenoxy) is 5. The minimum Gasteiger partial charge on any atom is -0.477 e. The second-order valence-corrected chi connectivity index (χ2v) is 23.0. The number of carbonyl (C=O) groups is 3. The molecule has 87 heavy (non-hydrogen) atoms. The number of aryl methyl sites for hydroxylation is 2. The van der Waals surface area contributed by atoms with Crippen LogP contribution in [0.2, 0.25) is 15.5 Å². The van der Waals surface area contributed by atoms with Crippen molar-refractivity contribution < 1.29 is 68.8 Å². The van der Waals surface area contributed by atoms with E-state index in [2.05, 4.69) is 40.0 Å². The summed E-state index contributed by atoms with van der Waals surface area (Å²) in [5.74, 6) is 2.31. The number of benzene rings is 2. The third kappa shape index (κ3) is 19.5. The van der Waals surface area contributed by atoms with Gasteiger partial charge in [0, 0.05) is 73.2 Å². The molecule has 3 saturated carbocycles. The number of fused-ring (bicyclic) bond motifs is 3. The summed E-state index contributed by atoms with van der Waals surface area (Å²) in [4.78, 5) is 63.6. The van der Waals surface area contributed by atoms with Crippen molar-refractivity contribution in [3.05, 3.63) is 110 Å². The van der Waals surface area contributed by atoms with Gasteiger partial charge in [-0.25, -0.2) is 53.1 Å². The molecule has 6 heterocycles. The van der Waals surface area contributed by atoms with Gasteiger partial charge in [-0.3, -0.25) is 0 Å². The van der Waals surface area contributed by atoms with Crippen molar-refractivity contribution in [1.29, 1.82) is 0 Å². The smallest absolute Gasteiger partial charge is 0.409 e. The summed E-state index contributed by atoms with van der Waals surface area (Å²) in [5.41, 5.74) is 10.2. The molecule has 3 aliphatic heterocycles. The first-order chi connectivity index (χ1) is 41.4. The largest absolute Gasteiger partial charge is 0.477 e. The average molecular weight is 1310 g/mol. The number of aromatic nitrogens is 6. The summed E-state index contributed by atoms with van der Waals surface area (Å²) in [7, 11) is 4.23. The molecule has 3 aromatic heterocycles. The fraction of sp³-hybridized carbons (Fsp3) is 0.518. The summed E-state index contributed by atoms with van der Waals surface area (Å²) in [6, 6.07) is 9.75. The lowest BCUT2D eigenvalue weighted by Crippen LogP contribution is -2.40.